The summed E-state index contributed by atoms with van der Waals surface area (Å²) in [7, 11) is 4.61. The number of halogens is 1. The van der Waals surface area contributed by atoms with Gasteiger partial charge in [0.15, 0.2) is 27.8 Å². The molecule has 0 radical (unpaired) electrons. The molecule has 5 rings (SSSR count). The summed E-state index contributed by atoms with van der Waals surface area (Å²) in [5.41, 5.74) is 3.44. The lowest BCUT2D eigenvalue weighted by molar-refractivity contribution is -0.113. The van der Waals surface area contributed by atoms with Gasteiger partial charge in [-0.05, 0) is 82.9 Å². The number of anilines is 1. The number of amides is 1. The fraction of sp³-hybridized carbons (Fsp3) is 0.206. The van der Waals surface area contributed by atoms with Crippen molar-refractivity contribution in [3.63, 3.8) is 0 Å². The van der Waals surface area contributed by atoms with Crippen LogP contribution >= 0.6 is 27.3 Å². The number of fused-ring (bicyclic) bond motifs is 1. The number of carbonyl (C=O) groups excluding carboxylic acids is 1. The first-order valence-corrected chi connectivity index (χ1v) is 15.4. The zero-order valence-corrected chi connectivity index (χ0v) is 27.7. The second-order valence-electron chi connectivity index (χ2n) is 9.99. The van der Waals surface area contributed by atoms with Crippen LogP contribution in [0.5, 0.6) is 23.0 Å². The first kappa shape index (κ1) is 31.6. The first-order valence-electron chi connectivity index (χ1n) is 13.8. The Kier molecular flexibility index (Phi) is 9.46. The molecule has 1 atom stereocenters. The topological polar surface area (TPSA) is 100 Å². The van der Waals surface area contributed by atoms with Crippen molar-refractivity contribution in [3.05, 3.63) is 107 Å². The molecular weight excluding hydrogens is 658 g/mol. The number of aryl methyl sites for hydroxylation is 1. The van der Waals surface area contributed by atoms with Crippen LogP contribution in [-0.2, 0) is 4.79 Å². The van der Waals surface area contributed by atoms with Crippen molar-refractivity contribution in [1.29, 1.82) is 0 Å². The van der Waals surface area contributed by atoms with E-state index in [0.29, 0.717) is 64.9 Å². The number of aromatic nitrogens is 1. The summed E-state index contributed by atoms with van der Waals surface area (Å²) in [5, 5.41) is 3.02. The third-order valence-electron chi connectivity index (χ3n) is 7.23. The zero-order chi connectivity index (χ0) is 32.2. The summed E-state index contributed by atoms with van der Waals surface area (Å²) < 4.78 is 24.8. The van der Waals surface area contributed by atoms with Crippen molar-refractivity contribution >= 4 is 44.9 Å². The van der Waals surface area contributed by atoms with Crippen LogP contribution in [0.3, 0.4) is 0 Å². The lowest BCUT2D eigenvalue weighted by atomic mass is 9.94. The smallest absolute Gasteiger partial charge is 0.271 e. The Balaban J connectivity index is 1.68. The molecule has 0 saturated heterocycles. The second kappa shape index (κ2) is 13.5. The maximum atomic E-state index is 14.2. The molecule has 0 spiro atoms. The van der Waals surface area contributed by atoms with Gasteiger partial charge < -0.3 is 24.3 Å². The number of terminal acetylenes is 1. The highest BCUT2D eigenvalue weighted by Gasteiger charge is 2.33. The summed E-state index contributed by atoms with van der Waals surface area (Å²) >= 11 is 4.75. The van der Waals surface area contributed by atoms with E-state index < -0.39 is 6.04 Å². The summed E-state index contributed by atoms with van der Waals surface area (Å²) in [4.78, 5) is 33.4. The molecule has 1 N–H and O–H groups in total. The number of nitrogens with zero attached hydrogens (tertiary/aromatic N) is 2. The maximum absolute atomic E-state index is 14.2. The van der Waals surface area contributed by atoms with Gasteiger partial charge in [-0.2, -0.15) is 0 Å². The number of benzene rings is 3. The Morgan fingerprint density at radius 3 is 2.49 bits per heavy atom. The van der Waals surface area contributed by atoms with Gasteiger partial charge in [0.2, 0.25) is 0 Å². The number of nitrogens with one attached hydrogen (secondary N) is 1. The van der Waals surface area contributed by atoms with Gasteiger partial charge >= 0.3 is 0 Å². The molecule has 1 amide bonds. The molecule has 3 aromatic carbocycles. The minimum Gasteiger partial charge on any atom is -0.493 e. The Bertz CT molecular complexity index is 2060. The lowest BCUT2D eigenvalue weighted by Crippen LogP contribution is -2.40. The number of thiazole rings is 1. The molecule has 11 heteroatoms. The highest BCUT2D eigenvalue weighted by Crippen LogP contribution is 2.38. The van der Waals surface area contributed by atoms with Gasteiger partial charge in [0, 0.05) is 5.69 Å². The summed E-state index contributed by atoms with van der Waals surface area (Å²) in [6.45, 7) is 3.76. The number of para-hydroxylation sites is 1. The molecule has 2 heterocycles. The van der Waals surface area contributed by atoms with Crippen molar-refractivity contribution in [2.75, 3.05) is 33.3 Å². The average molecular weight is 689 g/mol. The standard InChI is InChI=1S/C34H30BrN3O6S/c1-7-14-44-31-23(35)15-21(16-27(31)43-6)17-28-33(40)38-30(22-12-13-25(41-4)26(18-22)42-5)29(20(3)36-34(38)45-28)32(39)37-24-11-9-8-10-19(24)2/h1,8-13,15-18,30H,14H2,2-6H3,(H,37,39)/b28-17-/t30-/m1/s1. The van der Waals surface area contributed by atoms with Crippen LogP contribution in [0.1, 0.15) is 29.7 Å². The Morgan fingerprint density at radius 2 is 1.80 bits per heavy atom. The van der Waals surface area contributed by atoms with Gasteiger partial charge in [0.05, 0.1) is 47.6 Å². The van der Waals surface area contributed by atoms with Crippen LogP contribution in [-0.4, -0.2) is 38.4 Å². The highest BCUT2D eigenvalue weighted by atomic mass is 79.9. The molecule has 45 heavy (non-hydrogen) atoms. The van der Waals surface area contributed by atoms with E-state index in [1.165, 1.54) is 25.6 Å². The van der Waals surface area contributed by atoms with Gasteiger partial charge in [-0.25, -0.2) is 4.99 Å². The molecule has 0 fully saturated rings. The molecule has 4 aromatic rings. The van der Waals surface area contributed by atoms with E-state index in [4.69, 9.17) is 30.4 Å². The molecule has 1 aromatic heterocycles. The van der Waals surface area contributed by atoms with Gasteiger partial charge in [-0.15, -0.1) is 6.42 Å². The fourth-order valence-electron chi connectivity index (χ4n) is 5.08. The van der Waals surface area contributed by atoms with Gasteiger partial charge in [0.1, 0.15) is 6.61 Å². The van der Waals surface area contributed by atoms with E-state index in [1.54, 1.807) is 42.9 Å². The lowest BCUT2D eigenvalue weighted by Gasteiger charge is -2.26. The number of rotatable bonds is 9. The SMILES string of the molecule is C#CCOc1c(Br)cc(/C=c2\sc3n(c2=O)[C@H](c2ccc(OC)c(OC)c2)C(C(=O)Nc2ccccc2C)=C(C)N=3)cc1OC. The van der Waals surface area contributed by atoms with Crippen molar-refractivity contribution in [2.45, 2.75) is 19.9 Å². The van der Waals surface area contributed by atoms with Gasteiger partial charge in [0.25, 0.3) is 11.5 Å². The molecule has 0 saturated carbocycles. The largest absolute Gasteiger partial charge is 0.493 e. The average Bonchev–Trinajstić information content (AvgIpc) is 3.33. The normalized spacial score (nSPS) is 14.2. The van der Waals surface area contributed by atoms with Crippen molar-refractivity contribution in [1.82, 2.24) is 4.57 Å². The van der Waals surface area contributed by atoms with Crippen LogP contribution in [0.15, 0.2) is 80.1 Å². The van der Waals surface area contributed by atoms with Crippen molar-refractivity contribution < 1.29 is 23.7 Å². The third-order valence-corrected chi connectivity index (χ3v) is 8.80. The number of ether oxygens (including phenoxy) is 4. The fourth-order valence-corrected chi connectivity index (χ4v) is 6.70. The minimum absolute atomic E-state index is 0.0716. The van der Waals surface area contributed by atoms with E-state index in [-0.39, 0.29) is 18.1 Å². The van der Waals surface area contributed by atoms with Gasteiger partial charge in [-0.3, -0.25) is 14.2 Å². The van der Waals surface area contributed by atoms with Crippen molar-refractivity contribution in [3.8, 4) is 35.3 Å². The molecule has 230 valence electrons. The predicted molar refractivity (Wildman–Crippen MR) is 178 cm³/mol. The van der Waals surface area contributed by atoms with E-state index in [2.05, 4.69) is 27.2 Å². The van der Waals surface area contributed by atoms with Crippen LogP contribution in [0, 0.1) is 19.3 Å². The monoisotopic (exact) mass is 687 g/mol. The van der Waals surface area contributed by atoms with Crippen LogP contribution in [0.4, 0.5) is 5.69 Å². The molecule has 1 aliphatic heterocycles. The third kappa shape index (κ3) is 6.25. The minimum atomic E-state index is -0.798. The number of hydrogen-bond donors (Lipinski definition) is 1. The van der Waals surface area contributed by atoms with E-state index in [1.807, 2.05) is 43.3 Å². The molecule has 9 nitrogen and oxygen atoms in total. The molecule has 0 unspecified atom stereocenters. The maximum Gasteiger partial charge on any atom is 0.271 e. The molecule has 0 bridgehead atoms. The van der Waals surface area contributed by atoms with E-state index in [0.717, 1.165) is 5.56 Å². The Morgan fingerprint density at radius 1 is 1.07 bits per heavy atom. The van der Waals surface area contributed by atoms with Crippen LogP contribution in [0.25, 0.3) is 6.08 Å². The van der Waals surface area contributed by atoms with Gasteiger partial charge in [-0.1, -0.05) is 41.5 Å². The molecule has 1 aliphatic rings. The second-order valence-corrected chi connectivity index (χ2v) is 11.9. The predicted octanol–water partition coefficient (Wildman–Crippen LogP) is 4.98. The first-order chi connectivity index (χ1) is 21.7. The quantitative estimate of drug-likeness (QED) is 0.249. The molecule has 0 aliphatic carbocycles. The number of allylic oxidation sites excluding steroid dienone is 1. The number of methoxy groups -OCH3 is 3. The van der Waals surface area contributed by atoms with Crippen LogP contribution < -0.4 is 39.2 Å². The summed E-state index contributed by atoms with van der Waals surface area (Å²) in [5.74, 6) is 3.98. The summed E-state index contributed by atoms with van der Waals surface area (Å²) in [6, 6.07) is 15.6. The van der Waals surface area contributed by atoms with E-state index in [9.17, 15) is 9.59 Å². The number of carbonyl (C=O) groups is 1. The number of hydrogen-bond acceptors (Lipinski definition) is 8. The highest BCUT2D eigenvalue weighted by molar-refractivity contribution is 9.10. The summed E-state index contributed by atoms with van der Waals surface area (Å²) in [6.07, 6.45) is 7.11. The Labute approximate surface area is 272 Å². The van der Waals surface area contributed by atoms with E-state index >= 15 is 0 Å². The Hall–Kier alpha value is -4.79. The molecular formula is C34H30BrN3O6S. The van der Waals surface area contributed by atoms with Crippen LogP contribution in [0.2, 0.25) is 0 Å². The zero-order valence-electron chi connectivity index (χ0n) is 25.3. The van der Waals surface area contributed by atoms with Crippen molar-refractivity contribution in [2.24, 2.45) is 4.99 Å².